The predicted molar refractivity (Wildman–Crippen MR) is 95.2 cm³/mol. The number of ketones is 1. The smallest absolute Gasteiger partial charge is 0.294 e. The van der Waals surface area contributed by atoms with Crippen LogP contribution in [-0.2, 0) is 10.2 Å². The molecule has 0 amide bonds. The van der Waals surface area contributed by atoms with E-state index >= 15 is 0 Å². The van der Waals surface area contributed by atoms with Crippen molar-refractivity contribution < 1.29 is 13.2 Å². The number of rotatable bonds is 5. The third-order valence-electron chi connectivity index (χ3n) is 4.15. The van der Waals surface area contributed by atoms with Crippen LogP contribution in [0.2, 0.25) is 0 Å². The van der Waals surface area contributed by atoms with Gasteiger partial charge in [-0.2, -0.15) is 12.7 Å². The second-order valence-electron chi connectivity index (χ2n) is 5.90. The van der Waals surface area contributed by atoms with Crippen LogP contribution in [0.3, 0.4) is 0 Å². The van der Waals surface area contributed by atoms with Gasteiger partial charge in [0, 0.05) is 18.7 Å². The van der Waals surface area contributed by atoms with E-state index < -0.39 is 10.2 Å². The van der Waals surface area contributed by atoms with Crippen molar-refractivity contribution in [2.45, 2.75) is 19.8 Å². The van der Waals surface area contributed by atoms with Crippen LogP contribution in [0.1, 0.15) is 30.1 Å². The minimum atomic E-state index is -3.64. The van der Waals surface area contributed by atoms with Crippen molar-refractivity contribution in [2.24, 2.45) is 0 Å². The van der Waals surface area contributed by atoms with Crippen molar-refractivity contribution in [1.29, 1.82) is 0 Å². The highest BCUT2D eigenvalue weighted by Gasteiger charge is 2.26. The number of benzene rings is 2. The number of anilines is 1. The van der Waals surface area contributed by atoms with Crippen molar-refractivity contribution in [2.75, 3.05) is 17.8 Å². The van der Waals surface area contributed by atoms with Gasteiger partial charge in [-0.1, -0.05) is 36.4 Å². The average molecular weight is 344 g/mol. The predicted octanol–water partition coefficient (Wildman–Crippen LogP) is 3.31. The fourth-order valence-corrected chi connectivity index (χ4v) is 4.19. The van der Waals surface area contributed by atoms with Crippen LogP contribution in [0.4, 0.5) is 5.69 Å². The summed E-state index contributed by atoms with van der Waals surface area (Å²) in [5.74, 6) is -0.172. The van der Waals surface area contributed by atoms with Crippen LogP contribution < -0.4 is 4.72 Å². The molecule has 0 unspecified atom stereocenters. The molecule has 2 aromatic rings. The molecule has 126 valence electrons. The zero-order chi connectivity index (χ0) is 17.2. The summed E-state index contributed by atoms with van der Waals surface area (Å²) in [6.07, 6.45) is 1.73. The first-order valence-electron chi connectivity index (χ1n) is 7.96. The maximum atomic E-state index is 12.5. The van der Waals surface area contributed by atoms with Crippen molar-refractivity contribution in [1.82, 2.24) is 4.31 Å². The highest BCUT2D eigenvalue weighted by Crippen LogP contribution is 2.27. The summed E-state index contributed by atoms with van der Waals surface area (Å²) >= 11 is 0. The van der Waals surface area contributed by atoms with Gasteiger partial charge in [0.05, 0.1) is 5.69 Å². The van der Waals surface area contributed by atoms with E-state index in [1.54, 1.807) is 12.1 Å². The van der Waals surface area contributed by atoms with Gasteiger partial charge in [-0.3, -0.25) is 9.52 Å². The largest absolute Gasteiger partial charge is 0.301 e. The molecular weight excluding hydrogens is 324 g/mol. The van der Waals surface area contributed by atoms with Gasteiger partial charge in [0.2, 0.25) is 0 Å². The van der Waals surface area contributed by atoms with Crippen LogP contribution in [0.5, 0.6) is 0 Å². The molecule has 6 heteroatoms. The van der Waals surface area contributed by atoms with Crippen LogP contribution in [-0.4, -0.2) is 31.6 Å². The number of carbonyl (C=O) groups excluding carboxylic acids is 1. The lowest BCUT2D eigenvalue weighted by Crippen LogP contribution is -2.33. The van der Waals surface area contributed by atoms with Crippen molar-refractivity contribution in [3.05, 3.63) is 54.1 Å². The van der Waals surface area contributed by atoms with Gasteiger partial charge in [-0.05, 0) is 43.0 Å². The number of carbonyl (C=O) groups is 1. The molecular formula is C18H20N2O3S. The number of nitrogens with one attached hydrogen (secondary N) is 1. The van der Waals surface area contributed by atoms with E-state index in [-0.39, 0.29) is 5.78 Å². The van der Waals surface area contributed by atoms with E-state index in [0.29, 0.717) is 24.3 Å². The Hall–Kier alpha value is -2.18. The van der Waals surface area contributed by atoms with E-state index in [1.807, 2.05) is 36.4 Å². The molecule has 3 rings (SSSR count). The number of nitrogens with zero attached hydrogens (tertiary/aromatic N) is 1. The maximum Gasteiger partial charge on any atom is 0.301 e. The fraction of sp³-hybridized carbons (Fsp3) is 0.278. The molecule has 0 saturated carbocycles. The van der Waals surface area contributed by atoms with Gasteiger partial charge in [-0.25, -0.2) is 0 Å². The first-order chi connectivity index (χ1) is 11.5. The molecule has 24 heavy (non-hydrogen) atoms. The normalized spacial score (nSPS) is 15.4. The quantitative estimate of drug-likeness (QED) is 0.846. The number of Topliss-reactive ketones (excluding diaryl/α,β-unsaturated/α-hetero) is 1. The first-order valence-corrected chi connectivity index (χ1v) is 9.40. The first kappa shape index (κ1) is 16.7. The van der Waals surface area contributed by atoms with Gasteiger partial charge in [-0.15, -0.1) is 0 Å². The van der Waals surface area contributed by atoms with E-state index in [2.05, 4.69) is 4.72 Å². The Kier molecular flexibility index (Phi) is 4.69. The zero-order valence-electron chi connectivity index (χ0n) is 13.5. The van der Waals surface area contributed by atoms with E-state index in [9.17, 15) is 13.2 Å². The summed E-state index contributed by atoms with van der Waals surface area (Å²) in [5, 5.41) is 0. The lowest BCUT2D eigenvalue weighted by molar-refractivity contribution is 0.101. The molecule has 1 heterocycles. The SMILES string of the molecule is CC(=O)c1ccc(-c2ccccc2)cc1NS(=O)(=O)N1CCCC1. The molecule has 0 radical (unpaired) electrons. The molecule has 1 aliphatic rings. The average Bonchev–Trinajstić information content (AvgIpc) is 3.10. The highest BCUT2D eigenvalue weighted by atomic mass is 32.2. The lowest BCUT2D eigenvalue weighted by Gasteiger charge is -2.19. The second kappa shape index (κ2) is 6.75. The summed E-state index contributed by atoms with van der Waals surface area (Å²) in [7, 11) is -3.64. The van der Waals surface area contributed by atoms with Gasteiger partial charge in [0.1, 0.15) is 0 Å². The standard InChI is InChI=1S/C18H20N2O3S/c1-14(21)17-10-9-16(15-7-3-2-4-8-15)13-18(17)19-24(22,23)20-11-5-6-12-20/h2-4,7-10,13,19H,5-6,11-12H2,1H3. The van der Waals surface area contributed by atoms with Gasteiger partial charge >= 0.3 is 10.2 Å². The van der Waals surface area contributed by atoms with Crippen LogP contribution in [0.15, 0.2) is 48.5 Å². The summed E-state index contributed by atoms with van der Waals surface area (Å²) < 4.78 is 29.1. The second-order valence-corrected chi connectivity index (χ2v) is 7.57. The molecule has 2 aromatic carbocycles. The van der Waals surface area contributed by atoms with E-state index in [4.69, 9.17) is 0 Å². The minimum absolute atomic E-state index is 0.172. The van der Waals surface area contributed by atoms with Gasteiger partial charge in [0.15, 0.2) is 5.78 Å². The Morgan fingerprint density at radius 3 is 2.29 bits per heavy atom. The van der Waals surface area contributed by atoms with Gasteiger partial charge in [0.25, 0.3) is 0 Å². The van der Waals surface area contributed by atoms with Crippen molar-refractivity contribution >= 4 is 21.7 Å². The molecule has 0 aliphatic carbocycles. The summed E-state index contributed by atoms with van der Waals surface area (Å²) in [6.45, 7) is 2.47. The van der Waals surface area contributed by atoms with Crippen molar-refractivity contribution in [3.63, 3.8) is 0 Å². The minimum Gasteiger partial charge on any atom is -0.294 e. The molecule has 1 saturated heterocycles. The molecule has 0 aromatic heterocycles. The molecule has 0 bridgehead atoms. The van der Waals surface area contributed by atoms with Crippen LogP contribution in [0, 0.1) is 0 Å². The van der Waals surface area contributed by atoms with Crippen LogP contribution in [0.25, 0.3) is 11.1 Å². The van der Waals surface area contributed by atoms with E-state index in [1.165, 1.54) is 11.2 Å². The Labute approximate surface area is 142 Å². The zero-order valence-corrected chi connectivity index (χ0v) is 14.3. The maximum absolute atomic E-state index is 12.5. The Balaban J connectivity index is 1.99. The number of hydrogen-bond donors (Lipinski definition) is 1. The Morgan fingerprint density at radius 2 is 1.67 bits per heavy atom. The molecule has 1 N–H and O–H groups in total. The summed E-state index contributed by atoms with van der Waals surface area (Å²) in [5.41, 5.74) is 2.53. The number of hydrogen-bond acceptors (Lipinski definition) is 3. The summed E-state index contributed by atoms with van der Waals surface area (Å²) in [6, 6.07) is 14.9. The van der Waals surface area contributed by atoms with Crippen molar-refractivity contribution in [3.8, 4) is 11.1 Å². The van der Waals surface area contributed by atoms with Gasteiger partial charge < -0.3 is 0 Å². The fourth-order valence-electron chi connectivity index (χ4n) is 2.88. The third-order valence-corrected chi connectivity index (χ3v) is 5.67. The molecule has 1 aliphatic heterocycles. The van der Waals surface area contributed by atoms with Crippen LogP contribution >= 0.6 is 0 Å². The van der Waals surface area contributed by atoms with E-state index in [0.717, 1.165) is 24.0 Å². The third kappa shape index (κ3) is 3.49. The monoisotopic (exact) mass is 344 g/mol. The Morgan fingerprint density at radius 1 is 1.00 bits per heavy atom. The Bertz CT molecular complexity index is 842. The molecule has 1 fully saturated rings. The molecule has 5 nitrogen and oxygen atoms in total. The molecule has 0 spiro atoms. The topological polar surface area (TPSA) is 66.5 Å². The summed E-state index contributed by atoms with van der Waals surface area (Å²) in [4.78, 5) is 11.9. The lowest BCUT2D eigenvalue weighted by atomic mass is 10.0. The molecule has 0 atom stereocenters. The highest BCUT2D eigenvalue weighted by molar-refractivity contribution is 7.90.